The Balaban J connectivity index is 2.28. The van der Waals surface area contributed by atoms with Gasteiger partial charge in [0, 0.05) is 9.35 Å². The van der Waals surface area contributed by atoms with Gasteiger partial charge in [0.1, 0.15) is 0 Å². The van der Waals surface area contributed by atoms with Crippen LogP contribution in [0.1, 0.15) is 15.4 Å². The first kappa shape index (κ1) is 12.1. The van der Waals surface area contributed by atoms with Crippen molar-refractivity contribution in [2.24, 2.45) is 0 Å². The largest absolute Gasteiger partial charge is 0.476 e. The summed E-state index contributed by atoms with van der Waals surface area (Å²) in [5.74, 6) is -1.00. The van der Waals surface area contributed by atoms with Crippen molar-refractivity contribution < 1.29 is 9.90 Å². The predicted octanol–water partition coefficient (Wildman–Crippen LogP) is 3.66. The normalized spacial score (nSPS) is 10.2. The van der Waals surface area contributed by atoms with Crippen LogP contribution in [0.15, 0.2) is 28.7 Å². The van der Waals surface area contributed by atoms with Crippen LogP contribution in [-0.2, 0) is 0 Å². The molecule has 0 saturated heterocycles. The van der Waals surface area contributed by atoms with Gasteiger partial charge in [0.2, 0.25) is 0 Å². The van der Waals surface area contributed by atoms with Gasteiger partial charge in [-0.15, -0.1) is 11.3 Å². The third-order valence-electron chi connectivity index (χ3n) is 2.11. The van der Waals surface area contributed by atoms with Crippen LogP contribution in [0.3, 0.4) is 0 Å². The van der Waals surface area contributed by atoms with E-state index in [2.05, 4.69) is 26.2 Å². The van der Waals surface area contributed by atoms with E-state index in [9.17, 15) is 4.79 Å². The SMILES string of the molecule is Cc1sc(Nc2ccccc2Br)nc1C(=O)O. The van der Waals surface area contributed by atoms with E-state index in [-0.39, 0.29) is 5.69 Å². The zero-order valence-corrected chi connectivity index (χ0v) is 11.3. The average Bonchev–Trinajstić information content (AvgIpc) is 2.63. The van der Waals surface area contributed by atoms with Crippen molar-refractivity contribution in [3.05, 3.63) is 39.3 Å². The van der Waals surface area contributed by atoms with E-state index in [1.54, 1.807) is 6.92 Å². The summed E-state index contributed by atoms with van der Waals surface area (Å²) in [4.78, 5) is 15.6. The number of hydrogen-bond acceptors (Lipinski definition) is 4. The van der Waals surface area contributed by atoms with E-state index in [0.29, 0.717) is 10.0 Å². The molecule has 0 aliphatic heterocycles. The van der Waals surface area contributed by atoms with Gasteiger partial charge in [0.05, 0.1) is 5.69 Å². The Kier molecular flexibility index (Phi) is 3.44. The number of carboxylic acid groups (broad SMARTS) is 1. The number of para-hydroxylation sites is 1. The molecule has 0 unspecified atom stereocenters. The van der Waals surface area contributed by atoms with Crippen LogP contribution in [0.2, 0.25) is 0 Å². The number of halogens is 1. The average molecular weight is 313 g/mol. The van der Waals surface area contributed by atoms with Gasteiger partial charge in [0.15, 0.2) is 10.8 Å². The Morgan fingerprint density at radius 3 is 2.76 bits per heavy atom. The number of nitrogens with zero attached hydrogens (tertiary/aromatic N) is 1. The van der Waals surface area contributed by atoms with Gasteiger partial charge >= 0.3 is 5.97 Å². The molecule has 2 rings (SSSR count). The van der Waals surface area contributed by atoms with E-state index in [4.69, 9.17) is 5.11 Å². The van der Waals surface area contributed by atoms with E-state index >= 15 is 0 Å². The van der Waals surface area contributed by atoms with Gasteiger partial charge in [-0.05, 0) is 35.0 Å². The van der Waals surface area contributed by atoms with Crippen molar-refractivity contribution in [1.29, 1.82) is 0 Å². The molecule has 0 fully saturated rings. The topological polar surface area (TPSA) is 62.2 Å². The summed E-state index contributed by atoms with van der Waals surface area (Å²) in [6.07, 6.45) is 0. The summed E-state index contributed by atoms with van der Waals surface area (Å²) in [5, 5.41) is 12.6. The van der Waals surface area contributed by atoms with Crippen LogP contribution in [0.25, 0.3) is 0 Å². The molecule has 1 aromatic heterocycles. The lowest BCUT2D eigenvalue weighted by atomic mass is 10.3. The number of rotatable bonds is 3. The van der Waals surface area contributed by atoms with Crippen molar-refractivity contribution in [2.45, 2.75) is 6.92 Å². The molecule has 88 valence electrons. The molecule has 1 aromatic carbocycles. The van der Waals surface area contributed by atoms with Crippen LogP contribution in [0, 0.1) is 6.92 Å². The van der Waals surface area contributed by atoms with Crippen LogP contribution in [0.4, 0.5) is 10.8 Å². The van der Waals surface area contributed by atoms with E-state index in [0.717, 1.165) is 10.2 Å². The summed E-state index contributed by atoms with van der Waals surface area (Å²) < 4.78 is 0.907. The highest BCUT2D eigenvalue weighted by Crippen LogP contribution is 2.29. The van der Waals surface area contributed by atoms with Gasteiger partial charge in [-0.3, -0.25) is 0 Å². The monoisotopic (exact) mass is 312 g/mol. The summed E-state index contributed by atoms with van der Waals surface area (Å²) in [7, 11) is 0. The zero-order valence-electron chi connectivity index (χ0n) is 8.90. The fourth-order valence-corrected chi connectivity index (χ4v) is 2.53. The van der Waals surface area contributed by atoms with Gasteiger partial charge in [-0.1, -0.05) is 12.1 Å². The molecule has 0 spiro atoms. The maximum atomic E-state index is 10.9. The second-order valence-corrected chi connectivity index (χ2v) is 5.39. The highest BCUT2D eigenvalue weighted by atomic mass is 79.9. The number of anilines is 2. The Morgan fingerprint density at radius 2 is 2.18 bits per heavy atom. The van der Waals surface area contributed by atoms with Crippen molar-refractivity contribution in [1.82, 2.24) is 4.98 Å². The number of aromatic nitrogens is 1. The Morgan fingerprint density at radius 1 is 1.47 bits per heavy atom. The molecule has 0 aliphatic rings. The van der Waals surface area contributed by atoms with Gasteiger partial charge in [0.25, 0.3) is 0 Å². The molecule has 0 aliphatic carbocycles. The van der Waals surface area contributed by atoms with Crippen molar-refractivity contribution in [3.8, 4) is 0 Å². The number of thiazole rings is 1. The first-order valence-corrected chi connectivity index (χ1v) is 6.41. The van der Waals surface area contributed by atoms with Crippen molar-refractivity contribution in [2.75, 3.05) is 5.32 Å². The lowest BCUT2D eigenvalue weighted by molar-refractivity contribution is 0.0690. The lowest BCUT2D eigenvalue weighted by Gasteiger charge is -2.03. The molecular weight excluding hydrogens is 304 g/mol. The highest BCUT2D eigenvalue weighted by Gasteiger charge is 2.14. The maximum Gasteiger partial charge on any atom is 0.355 e. The molecule has 4 nitrogen and oxygen atoms in total. The number of nitrogens with one attached hydrogen (secondary N) is 1. The molecule has 6 heteroatoms. The molecule has 0 bridgehead atoms. The van der Waals surface area contributed by atoms with E-state index in [1.807, 2.05) is 24.3 Å². The molecule has 0 amide bonds. The molecule has 0 radical (unpaired) electrons. The summed E-state index contributed by atoms with van der Waals surface area (Å²) in [6.45, 7) is 1.74. The predicted molar refractivity (Wildman–Crippen MR) is 71.2 cm³/mol. The molecule has 17 heavy (non-hydrogen) atoms. The molecular formula is C11H9BrN2O2S. The second-order valence-electron chi connectivity index (χ2n) is 3.33. The number of aromatic carboxylic acids is 1. The number of hydrogen-bond donors (Lipinski definition) is 2. The van der Waals surface area contributed by atoms with Crippen molar-refractivity contribution >= 4 is 44.1 Å². The van der Waals surface area contributed by atoms with Gasteiger partial charge < -0.3 is 10.4 Å². The zero-order chi connectivity index (χ0) is 12.4. The fraction of sp³-hybridized carbons (Fsp3) is 0.0909. The minimum atomic E-state index is -1.00. The Hall–Kier alpha value is -1.40. The van der Waals surface area contributed by atoms with E-state index < -0.39 is 5.97 Å². The number of carboxylic acids is 1. The molecule has 2 N–H and O–H groups in total. The lowest BCUT2D eigenvalue weighted by Crippen LogP contribution is -1.99. The Labute approximate surface area is 110 Å². The van der Waals surface area contributed by atoms with Crippen LogP contribution in [0.5, 0.6) is 0 Å². The minimum Gasteiger partial charge on any atom is -0.476 e. The summed E-state index contributed by atoms with van der Waals surface area (Å²) in [6, 6.07) is 7.60. The van der Waals surface area contributed by atoms with Crippen LogP contribution >= 0.6 is 27.3 Å². The number of benzene rings is 1. The first-order valence-electron chi connectivity index (χ1n) is 4.80. The molecule has 2 aromatic rings. The smallest absolute Gasteiger partial charge is 0.355 e. The quantitative estimate of drug-likeness (QED) is 0.908. The number of aryl methyl sites for hydroxylation is 1. The van der Waals surface area contributed by atoms with Gasteiger partial charge in [-0.25, -0.2) is 9.78 Å². The van der Waals surface area contributed by atoms with Crippen LogP contribution < -0.4 is 5.32 Å². The van der Waals surface area contributed by atoms with E-state index in [1.165, 1.54) is 11.3 Å². The highest BCUT2D eigenvalue weighted by molar-refractivity contribution is 9.10. The molecule has 0 saturated carbocycles. The van der Waals surface area contributed by atoms with Crippen molar-refractivity contribution in [3.63, 3.8) is 0 Å². The van der Waals surface area contributed by atoms with Crippen LogP contribution in [-0.4, -0.2) is 16.1 Å². The summed E-state index contributed by atoms with van der Waals surface area (Å²) >= 11 is 4.73. The standard InChI is InChI=1S/C11H9BrN2O2S/c1-6-9(10(15)16)14-11(17-6)13-8-5-3-2-4-7(8)12/h2-5H,1H3,(H,13,14)(H,15,16). The molecule has 0 atom stereocenters. The Bertz CT molecular complexity index is 568. The minimum absolute atomic E-state index is 0.101. The van der Waals surface area contributed by atoms with Gasteiger partial charge in [-0.2, -0.15) is 0 Å². The fourth-order valence-electron chi connectivity index (χ4n) is 1.33. The third kappa shape index (κ3) is 2.65. The molecule has 1 heterocycles. The first-order chi connectivity index (χ1) is 8.08. The second kappa shape index (κ2) is 4.85. The number of carbonyl (C=O) groups is 1. The maximum absolute atomic E-state index is 10.9. The third-order valence-corrected chi connectivity index (χ3v) is 3.69. The summed E-state index contributed by atoms with van der Waals surface area (Å²) in [5.41, 5.74) is 0.961.